The van der Waals surface area contributed by atoms with E-state index in [-0.39, 0.29) is 42.4 Å². The second-order valence-electron chi connectivity index (χ2n) is 6.65. The number of likely N-dealkylation sites (N-methyl/N-ethyl adjacent to an activating group) is 1. The number of hydrogen-bond acceptors (Lipinski definition) is 4. The molecule has 2 aliphatic heterocycles. The first-order valence-corrected chi connectivity index (χ1v) is 8.40. The van der Waals surface area contributed by atoms with Gasteiger partial charge in [0.25, 0.3) is 0 Å². The SMILES string of the molecule is CN[C@@H](C)C(=O)N[C@H]1CN(C(C)=O)CC[C@H]2CC[C@@H](C)N2C1=O. The molecule has 0 aromatic heterocycles. The van der Waals surface area contributed by atoms with Crippen LogP contribution >= 0.6 is 0 Å². The van der Waals surface area contributed by atoms with Crippen LogP contribution in [-0.4, -0.2) is 71.8 Å². The lowest BCUT2D eigenvalue weighted by Gasteiger charge is -2.38. The summed E-state index contributed by atoms with van der Waals surface area (Å²) in [6, 6.07) is -0.699. The van der Waals surface area contributed by atoms with Gasteiger partial charge in [-0.3, -0.25) is 14.4 Å². The highest BCUT2D eigenvalue weighted by Gasteiger charge is 2.40. The third-order valence-electron chi connectivity index (χ3n) is 5.06. The average Bonchev–Trinajstić information content (AvgIpc) is 2.86. The molecule has 7 heteroatoms. The van der Waals surface area contributed by atoms with Gasteiger partial charge in [0.1, 0.15) is 6.04 Å². The Bertz CT molecular complexity index is 482. The van der Waals surface area contributed by atoms with Gasteiger partial charge in [-0.25, -0.2) is 0 Å². The molecule has 0 spiro atoms. The zero-order chi connectivity index (χ0) is 17.1. The van der Waals surface area contributed by atoms with Crippen molar-refractivity contribution in [2.45, 2.75) is 64.2 Å². The predicted octanol–water partition coefficient (Wildman–Crippen LogP) is -0.289. The molecule has 0 aliphatic carbocycles. The van der Waals surface area contributed by atoms with E-state index in [1.807, 2.05) is 4.90 Å². The van der Waals surface area contributed by atoms with Gasteiger partial charge in [0.15, 0.2) is 0 Å². The highest BCUT2D eigenvalue weighted by atomic mass is 16.2. The third kappa shape index (κ3) is 3.83. The molecule has 0 bridgehead atoms. The topological polar surface area (TPSA) is 81.8 Å². The maximum Gasteiger partial charge on any atom is 0.247 e. The number of rotatable bonds is 3. The Hall–Kier alpha value is -1.63. The average molecular weight is 324 g/mol. The van der Waals surface area contributed by atoms with Gasteiger partial charge < -0.3 is 20.4 Å². The van der Waals surface area contributed by atoms with E-state index in [0.29, 0.717) is 6.54 Å². The number of amides is 3. The maximum absolute atomic E-state index is 13.0. The van der Waals surface area contributed by atoms with Crippen LogP contribution in [0, 0.1) is 0 Å². The normalized spacial score (nSPS) is 29.6. The molecular formula is C16H28N4O3. The molecule has 0 saturated carbocycles. The first kappa shape index (κ1) is 17.7. The number of nitrogens with one attached hydrogen (secondary N) is 2. The van der Waals surface area contributed by atoms with E-state index in [1.165, 1.54) is 6.92 Å². The van der Waals surface area contributed by atoms with Gasteiger partial charge in [-0.15, -0.1) is 0 Å². The lowest BCUT2D eigenvalue weighted by Crippen LogP contribution is -2.60. The minimum absolute atomic E-state index is 0.0572. The van der Waals surface area contributed by atoms with Crippen molar-refractivity contribution in [3.63, 3.8) is 0 Å². The summed E-state index contributed by atoms with van der Waals surface area (Å²) in [7, 11) is 1.70. The lowest BCUT2D eigenvalue weighted by atomic mass is 10.1. The minimum atomic E-state index is -0.675. The van der Waals surface area contributed by atoms with Crippen molar-refractivity contribution in [2.75, 3.05) is 20.1 Å². The molecule has 2 saturated heterocycles. The van der Waals surface area contributed by atoms with Crippen LogP contribution in [0.5, 0.6) is 0 Å². The van der Waals surface area contributed by atoms with E-state index in [0.717, 1.165) is 19.3 Å². The van der Waals surface area contributed by atoms with Crippen LogP contribution in [0.1, 0.15) is 40.0 Å². The van der Waals surface area contributed by atoms with Gasteiger partial charge in [-0.2, -0.15) is 0 Å². The quantitative estimate of drug-likeness (QED) is 0.747. The van der Waals surface area contributed by atoms with Crippen molar-refractivity contribution in [1.29, 1.82) is 0 Å². The van der Waals surface area contributed by atoms with E-state index < -0.39 is 6.04 Å². The van der Waals surface area contributed by atoms with Crippen LogP contribution < -0.4 is 10.6 Å². The zero-order valence-corrected chi connectivity index (χ0v) is 14.5. The van der Waals surface area contributed by atoms with Gasteiger partial charge >= 0.3 is 0 Å². The van der Waals surface area contributed by atoms with Gasteiger partial charge in [-0.05, 0) is 40.2 Å². The molecule has 7 nitrogen and oxygen atoms in total. The van der Waals surface area contributed by atoms with Crippen LogP contribution in [0.4, 0.5) is 0 Å². The van der Waals surface area contributed by atoms with Crippen molar-refractivity contribution >= 4 is 17.7 Å². The van der Waals surface area contributed by atoms with Crippen LogP contribution in [-0.2, 0) is 14.4 Å². The monoisotopic (exact) mass is 324 g/mol. The van der Waals surface area contributed by atoms with Gasteiger partial charge in [0, 0.05) is 32.1 Å². The van der Waals surface area contributed by atoms with Crippen molar-refractivity contribution in [1.82, 2.24) is 20.4 Å². The summed E-state index contributed by atoms with van der Waals surface area (Å²) in [5.74, 6) is -0.348. The van der Waals surface area contributed by atoms with E-state index in [4.69, 9.17) is 0 Å². The van der Waals surface area contributed by atoms with Gasteiger partial charge in [0.2, 0.25) is 17.7 Å². The standard InChI is InChI=1S/C16H28N4O3/c1-10-5-6-13-7-8-19(12(3)21)9-14(16(23)20(10)13)18-15(22)11(2)17-4/h10-11,13-14,17H,5-9H2,1-4H3,(H,18,22)/t10-,11+,13-,14+/m1/s1. The van der Waals surface area contributed by atoms with E-state index in [1.54, 1.807) is 18.9 Å². The second kappa shape index (κ2) is 7.29. The highest BCUT2D eigenvalue weighted by molar-refractivity contribution is 5.90. The molecule has 0 aromatic carbocycles. The third-order valence-corrected chi connectivity index (χ3v) is 5.06. The molecule has 2 aliphatic rings. The first-order valence-electron chi connectivity index (χ1n) is 8.40. The Morgan fingerprint density at radius 1 is 1.26 bits per heavy atom. The Labute approximate surface area is 137 Å². The number of carbonyl (C=O) groups excluding carboxylic acids is 3. The second-order valence-corrected chi connectivity index (χ2v) is 6.65. The molecule has 2 heterocycles. The first-order chi connectivity index (χ1) is 10.8. The van der Waals surface area contributed by atoms with Crippen molar-refractivity contribution < 1.29 is 14.4 Å². The molecule has 2 N–H and O–H groups in total. The van der Waals surface area contributed by atoms with Gasteiger partial charge in [-0.1, -0.05) is 0 Å². The summed E-state index contributed by atoms with van der Waals surface area (Å²) in [5, 5.41) is 5.69. The summed E-state index contributed by atoms with van der Waals surface area (Å²) in [5.41, 5.74) is 0. The Kier molecular flexibility index (Phi) is 5.62. The number of nitrogens with zero attached hydrogens (tertiary/aromatic N) is 2. The van der Waals surface area contributed by atoms with E-state index in [2.05, 4.69) is 17.6 Å². The van der Waals surface area contributed by atoms with E-state index in [9.17, 15) is 14.4 Å². The molecule has 0 unspecified atom stereocenters. The van der Waals surface area contributed by atoms with E-state index >= 15 is 0 Å². The molecule has 2 fully saturated rings. The molecule has 2 rings (SSSR count). The fraction of sp³-hybridized carbons (Fsp3) is 0.812. The van der Waals surface area contributed by atoms with Crippen LogP contribution in [0.3, 0.4) is 0 Å². The lowest BCUT2D eigenvalue weighted by molar-refractivity contribution is -0.143. The van der Waals surface area contributed by atoms with Crippen molar-refractivity contribution in [3.05, 3.63) is 0 Å². The predicted molar refractivity (Wildman–Crippen MR) is 86.7 cm³/mol. The summed E-state index contributed by atoms with van der Waals surface area (Å²) in [6.07, 6.45) is 2.75. The summed E-state index contributed by atoms with van der Waals surface area (Å²) in [4.78, 5) is 40.6. The number of carbonyl (C=O) groups is 3. The molecular weight excluding hydrogens is 296 g/mol. The Morgan fingerprint density at radius 3 is 2.57 bits per heavy atom. The molecule has 0 aromatic rings. The van der Waals surface area contributed by atoms with Crippen LogP contribution in [0.2, 0.25) is 0 Å². The smallest absolute Gasteiger partial charge is 0.247 e. The van der Waals surface area contributed by atoms with Gasteiger partial charge in [0.05, 0.1) is 6.04 Å². The fourth-order valence-corrected chi connectivity index (χ4v) is 3.45. The van der Waals surface area contributed by atoms with Crippen LogP contribution in [0.15, 0.2) is 0 Å². The van der Waals surface area contributed by atoms with Crippen molar-refractivity contribution in [2.24, 2.45) is 0 Å². The molecule has 3 amide bonds. The van der Waals surface area contributed by atoms with Crippen LogP contribution in [0.25, 0.3) is 0 Å². The molecule has 23 heavy (non-hydrogen) atoms. The summed E-state index contributed by atoms with van der Waals surface area (Å²) in [6.45, 7) is 6.18. The number of fused-ring (bicyclic) bond motifs is 1. The molecule has 0 radical (unpaired) electrons. The summed E-state index contributed by atoms with van der Waals surface area (Å²) >= 11 is 0. The number of hydrogen-bond donors (Lipinski definition) is 2. The highest BCUT2D eigenvalue weighted by Crippen LogP contribution is 2.28. The maximum atomic E-state index is 13.0. The Morgan fingerprint density at radius 2 is 1.96 bits per heavy atom. The fourth-order valence-electron chi connectivity index (χ4n) is 3.45. The molecule has 130 valence electrons. The van der Waals surface area contributed by atoms with Crippen molar-refractivity contribution in [3.8, 4) is 0 Å². The zero-order valence-electron chi connectivity index (χ0n) is 14.5. The minimum Gasteiger partial charge on any atom is -0.341 e. The molecule has 4 atom stereocenters. The largest absolute Gasteiger partial charge is 0.341 e. The Balaban J connectivity index is 2.21. The summed E-state index contributed by atoms with van der Waals surface area (Å²) < 4.78 is 0.